The van der Waals surface area contributed by atoms with Gasteiger partial charge in [0.05, 0.1) is 0 Å². The van der Waals surface area contributed by atoms with Crippen molar-refractivity contribution < 1.29 is 22.5 Å². The molecule has 0 saturated heterocycles. The van der Waals surface area contributed by atoms with Crippen molar-refractivity contribution in [2.45, 2.75) is 20.3 Å². The summed E-state index contributed by atoms with van der Waals surface area (Å²) in [5.41, 5.74) is 1.37. The molecule has 0 nitrogen and oxygen atoms in total. The molecule has 0 heterocycles. The van der Waals surface area contributed by atoms with Gasteiger partial charge in [-0.15, -0.1) is 6.42 Å². The van der Waals surface area contributed by atoms with Crippen LogP contribution in [0.5, 0.6) is 0 Å². The minimum absolute atomic E-state index is 0. The van der Waals surface area contributed by atoms with Crippen molar-refractivity contribution in [3.05, 3.63) is 23.8 Å². The fraction of sp³-hybridized carbons (Fsp3) is 0.500. The van der Waals surface area contributed by atoms with E-state index in [1.165, 1.54) is 5.57 Å². The van der Waals surface area contributed by atoms with Crippen LogP contribution in [0.25, 0.3) is 0 Å². The van der Waals surface area contributed by atoms with Crippen molar-refractivity contribution in [3.8, 4) is 0 Å². The predicted octanol–water partition coefficient (Wildman–Crippen LogP) is 2.44. The molecule has 0 aliphatic heterocycles. The van der Waals surface area contributed by atoms with Gasteiger partial charge >= 0.3 is 0 Å². The van der Waals surface area contributed by atoms with Crippen molar-refractivity contribution in [2.24, 2.45) is 5.92 Å². The van der Waals surface area contributed by atoms with Gasteiger partial charge in [-0.2, -0.15) is 6.08 Å². The van der Waals surface area contributed by atoms with Crippen LogP contribution in [-0.4, -0.2) is 0 Å². The summed E-state index contributed by atoms with van der Waals surface area (Å²) in [5.74, 6) is 0.661. The van der Waals surface area contributed by atoms with Crippen LogP contribution in [-0.2, 0) is 21.1 Å². The van der Waals surface area contributed by atoms with Gasteiger partial charge in [0, 0.05) is 21.1 Å². The van der Waals surface area contributed by atoms with Gasteiger partial charge in [-0.25, -0.2) is 11.6 Å². The molecule has 0 radical (unpaired) electrons. The molecule has 1 aliphatic rings. The Bertz CT molecular complexity index is 136. The first-order chi connectivity index (χ1) is 3.80. The molecule has 0 saturated carbocycles. The number of hydrogen-bond acceptors (Lipinski definition) is 0. The van der Waals surface area contributed by atoms with E-state index in [2.05, 4.69) is 32.1 Å². The fourth-order valence-electron chi connectivity index (χ4n) is 0.818. The summed E-state index contributed by atoms with van der Waals surface area (Å²) in [5, 5.41) is 0. The van der Waals surface area contributed by atoms with Crippen molar-refractivity contribution in [1.82, 2.24) is 0 Å². The summed E-state index contributed by atoms with van der Waals surface area (Å²) in [6, 6.07) is 0. The zero-order valence-electron chi connectivity index (χ0n) is 6.85. The molecule has 0 fully saturated rings. The summed E-state index contributed by atoms with van der Waals surface area (Å²) >= 11 is 0. The maximum absolute atomic E-state index is 3.26. The molecule has 1 rings (SSSR count). The minimum atomic E-state index is 0. The quantitative estimate of drug-likeness (QED) is 0.454. The molecule has 0 aromatic heterocycles. The van der Waals surface area contributed by atoms with Crippen LogP contribution in [0.15, 0.2) is 17.7 Å². The summed E-state index contributed by atoms with van der Waals surface area (Å²) < 4.78 is 0. The van der Waals surface area contributed by atoms with Crippen LogP contribution in [0.1, 0.15) is 21.7 Å². The third kappa shape index (κ3) is 2.49. The van der Waals surface area contributed by atoms with Gasteiger partial charge < -0.3 is 1.43 Å². The first kappa shape index (κ1) is 9.17. The third-order valence-electron chi connectivity index (χ3n) is 1.34. The maximum Gasteiger partial charge on any atom is 0 e. The normalized spacial score (nSPS) is 15.7. The van der Waals surface area contributed by atoms with E-state index in [4.69, 9.17) is 0 Å². The molecule has 1 aliphatic carbocycles. The van der Waals surface area contributed by atoms with Crippen molar-refractivity contribution >= 4 is 0 Å². The molecule has 52 valence electrons. The smallest absolute Gasteiger partial charge is 0 e. The van der Waals surface area contributed by atoms with Crippen LogP contribution in [0.4, 0.5) is 0 Å². The van der Waals surface area contributed by atoms with Gasteiger partial charge in [-0.1, -0.05) is 19.8 Å². The maximum atomic E-state index is 3.26. The zero-order valence-corrected chi connectivity index (χ0v) is 7.85. The second-order valence-corrected chi connectivity index (χ2v) is 2.39. The Kier molecular flexibility index (Phi) is 4.14. The van der Waals surface area contributed by atoms with E-state index < -0.39 is 0 Å². The minimum Gasteiger partial charge on any atom is -1.00 e. The Morgan fingerprint density at radius 3 is 2.56 bits per heavy atom. The largest absolute Gasteiger partial charge is 1.00 e. The second-order valence-electron chi connectivity index (χ2n) is 2.39. The van der Waals surface area contributed by atoms with Crippen molar-refractivity contribution in [3.63, 3.8) is 0 Å². The first-order valence-electron chi connectivity index (χ1n) is 3.08. The van der Waals surface area contributed by atoms with E-state index in [-0.39, 0.29) is 22.5 Å². The van der Waals surface area contributed by atoms with E-state index in [1.807, 2.05) is 0 Å². The Hall–Kier alpha value is 0.168. The predicted molar refractivity (Wildman–Crippen MR) is 36.5 cm³/mol. The first-order valence-corrected chi connectivity index (χ1v) is 3.08. The van der Waals surface area contributed by atoms with Crippen LogP contribution in [0.2, 0.25) is 0 Å². The fourth-order valence-corrected chi connectivity index (χ4v) is 0.818. The molecule has 0 unspecified atom stereocenters. The molecule has 9 heavy (non-hydrogen) atoms. The Labute approximate surface area is 72.8 Å². The van der Waals surface area contributed by atoms with Gasteiger partial charge in [0.2, 0.25) is 0 Å². The van der Waals surface area contributed by atoms with Gasteiger partial charge in [-0.05, 0) is 0 Å². The van der Waals surface area contributed by atoms with Crippen LogP contribution in [0.3, 0.4) is 0 Å². The van der Waals surface area contributed by atoms with Crippen LogP contribution in [0, 0.1) is 12.0 Å². The molecule has 0 spiro atoms. The van der Waals surface area contributed by atoms with Gasteiger partial charge in [0.25, 0.3) is 0 Å². The summed E-state index contributed by atoms with van der Waals surface area (Å²) in [6.45, 7) is 4.38. The van der Waals surface area contributed by atoms with E-state index in [1.54, 1.807) is 0 Å². The zero-order chi connectivity index (χ0) is 5.98. The van der Waals surface area contributed by atoms with Crippen molar-refractivity contribution in [1.29, 1.82) is 0 Å². The molecule has 0 bridgehead atoms. The molecule has 0 atom stereocenters. The molecular formula is C8H12Mo-2. The number of allylic oxidation sites excluding steroid dienone is 4. The molecular weight excluding hydrogens is 192 g/mol. The molecule has 0 amide bonds. The molecule has 0 aromatic rings. The van der Waals surface area contributed by atoms with E-state index in [9.17, 15) is 0 Å². The van der Waals surface area contributed by atoms with Crippen LogP contribution < -0.4 is 0 Å². The summed E-state index contributed by atoms with van der Waals surface area (Å²) in [4.78, 5) is 0. The van der Waals surface area contributed by atoms with E-state index in [0.717, 1.165) is 6.42 Å². The van der Waals surface area contributed by atoms with Gasteiger partial charge in [0.15, 0.2) is 0 Å². The Balaban J connectivity index is 0. The topological polar surface area (TPSA) is 0 Å². The van der Waals surface area contributed by atoms with Crippen LogP contribution >= 0.6 is 0 Å². The number of hydrogen-bond donors (Lipinski definition) is 0. The van der Waals surface area contributed by atoms with Gasteiger partial charge in [0.1, 0.15) is 0 Å². The average molecular weight is 204 g/mol. The van der Waals surface area contributed by atoms with Crippen molar-refractivity contribution in [2.75, 3.05) is 0 Å². The Morgan fingerprint density at radius 1 is 1.67 bits per heavy atom. The SMILES string of the molecule is CC(C)C1=[C-]CC=C1.[H-].[Mo]. The average Bonchev–Trinajstić information content (AvgIpc) is 2.12. The monoisotopic (exact) mass is 206 g/mol. The summed E-state index contributed by atoms with van der Waals surface area (Å²) in [6.07, 6.45) is 8.59. The Morgan fingerprint density at radius 2 is 2.33 bits per heavy atom. The second kappa shape index (κ2) is 4.06. The molecule has 1 heteroatoms. The third-order valence-corrected chi connectivity index (χ3v) is 1.34. The standard InChI is InChI=1S/C8H11.Mo.H/c1-7(2)8-5-3-4-6-8;;/h3,5,7H,4H2,1-2H3;;/q-1;;-1. The van der Waals surface area contributed by atoms with Gasteiger partial charge in [-0.3, -0.25) is 6.08 Å². The summed E-state index contributed by atoms with van der Waals surface area (Å²) in [7, 11) is 0. The number of rotatable bonds is 1. The van der Waals surface area contributed by atoms with E-state index >= 15 is 0 Å². The molecule has 0 aromatic carbocycles. The van der Waals surface area contributed by atoms with E-state index in [0.29, 0.717) is 5.92 Å². The molecule has 0 N–H and O–H groups in total.